The number of carbonyl (C=O) groups is 2. The van der Waals surface area contributed by atoms with Gasteiger partial charge in [0.25, 0.3) is 0 Å². The van der Waals surface area contributed by atoms with Gasteiger partial charge in [0.2, 0.25) is 0 Å². The Labute approximate surface area is 156 Å². The number of benzene rings is 1. The molecule has 138 valence electrons. The number of carboxylic acids is 2. The van der Waals surface area contributed by atoms with Crippen LogP contribution in [-0.2, 0) is 14.3 Å². The quantitative estimate of drug-likeness (QED) is 0.669. The van der Waals surface area contributed by atoms with Crippen molar-refractivity contribution in [2.45, 2.75) is 12.3 Å². The van der Waals surface area contributed by atoms with E-state index in [1.54, 1.807) is 7.11 Å². The zero-order valence-corrected chi connectivity index (χ0v) is 15.3. The molecule has 1 saturated heterocycles. The number of ether oxygens (including phenoxy) is 1. The SMILES string of the molecule is COC[C@@H]1CNCC[C@@H]1c1ccc(Cl)c(Cl)c1.O=C(O)C=CC(=O)O. The van der Waals surface area contributed by atoms with Gasteiger partial charge >= 0.3 is 11.9 Å². The van der Waals surface area contributed by atoms with Crippen molar-refractivity contribution >= 4 is 35.1 Å². The van der Waals surface area contributed by atoms with Gasteiger partial charge in [-0.25, -0.2) is 9.59 Å². The maximum atomic E-state index is 9.55. The van der Waals surface area contributed by atoms with Crippen molar-refractivity contribution in [3.05, 3.63) is 46.0 Å². The molecule has 0 aliphatic carbocycles. The molecule has 3 N–H and O–H groups in total. The molecule has 1 aromatic rings. The fraction of sp³-hybridized carbons (Fsp3) is 0.412. The molecule has 2 atom stereocenters. The number of hydrogen-bond donors (Lipinski definition) is 3. The number of carboxylic acid groups (broad SMARTS) is 2. The Kier molecular flexibility index (Phi) is 9.52. The summed E-state index contributed by atoms with van der Waals surface area (Å²) in [5, 5.41) is 20.3. The van der Waals surface area contributed by atoms with E-state index in [-0.39, 0.29) is 0 Å². The first-order valence-corrected chi connectivity index (χ1v) is 8.39. The molecule has 1 aliphatic rings. The summed E-state index contributed by atoms with van der Waals surface area (Å²) in [5.41, 5.74) is 1.27. The first kappa shape index (κ1) is 21.4. The summed E-state index contributed by atoms with van der Waals surface area (Å²) in [6.45, 7) is 2.82. The molecule has 0 bridgehead atoms. The van der Waals surface area contributed by atoms with Gasteiger partial charge in [-0.3, -0.25) is 0 Å². The van der Waals surface area contributed by atoms with Crippen LogP contribution in [0.25, 0.3) is 0 Å². The Morgan fingerprint density at radius 2 is 1.88 bits per heavy atom. The van der Waals surface area contributed by atoms with Crippen molar-refractivity contribution < 1.29 is 24.5 Å². The third-order valence-electron chi connectivity index (χ3n) is 3.73. The standard InChI is InChI=1S/C13H17Cl2NO.C4H4O4/c1-17-8-10-7-16-5-4-11(10)9-2-3-12(14)13(15)6-9;5-3(6)1-2-4(7)8/h2-3,6,10-11,16H,4-5,7-8H2,1H3;1-2H,(H,5,6)(H,7,8)/t10-,11+;/m0./s1. The molecule has 2 rings (SSSR count). The molecule has 0 radical (unpaired) electrons. The van der Waals surface area contributed by atoms with Crippen LogP contribution in [0.3, 0.4) is 0 Å². The summed E-state index contributed by atoms with van der Waals surface area (Å²) in [4.78, 5) is 19.1. The Balaban J connectivity index is 0.000000333. The predicted molar refractivity (Wildman–Crippen MR) is 96.5 cm³/mol. The second-order valence-corrected chi connectivity index (χ2v) is 6.31. The molecular formula is C17H21Cl2NO5. The fourth-order valence-electron chi connectivity index (χ4n) is 2.64. The molecule has 1 fully saturated rings. The number of aliphatic carboxylic acids is 2. The van der Waals surface area contributed by atoms with Gasteiger partial charge in [0.1, 0.15) is 0 Å². The summed E-state index contributed by atoms with van der Waals surface area (Å²) >= 11 is 12.0. The molecular weight excluding hydrogens is 369 g/mol. The van der Waals surface area contributed by atoms with Crippen LogP contribution in [0, 0.1) is 5.92 Å². The van der Waals surface area contributed by atoms with Crippen LogP contribution in [0.5, 0.6) is 0 Å². The second kappa shape index (κ2) is 11.1. The first-order chi connectivity index (χ1) is 11.8. The minimum absolute atomic E-state index is 0.506. The van der Waals surface area contributed by atoms with Crippen LogP contribution < -0.4 is 5.32 Å². The molecule has 0 saturated carbocycles. The molecule has 1 aromatic carbocycles. The highest BCUT2D eigenvalue weighted by Gasteiger charge is 2.26. The summed E-state index contributed by atoms with van der Waals surface area (Å²) in [6, 6.07) is 5.94. The maximum Gasteiger partial charge on any atom is 0.328 e. The van der Waals surface area contributed by atoms with Gasteiger partial charge in [-0.1, -0.05) is 29.3 Å². The summed E-state index contributed by atoms with van der Waals surface area (Å²) < 4.78 is 5.29. The number of methoxy groups -OCH3 is 1. The number of halogens is 2. The molecule has 8 heteroatoms. The molecule has 0 spiro atoms. The Hall–Kier alpha value is -1.60. The maximum absolute atomic E-state index is 9.55. The third kappa shape index (κ3) is 7.88. The monoisotopic (exact) mass is 389 g/mol. The van der Waals surface area contributed by atoms with Gasteiger partial charge in [-0.15, -0.1) is 0 Å². The van der Waals surface area contributed by atoms with Crippen molar-refractivity contribution in [3.8, 4) is 0 Å². The van der Waals surface area contributed by atoms with E-state index in [1.807, 2.05) is 12.1 Å². The van der Waals surface area contributed by atoms with Crippen molar-refractivity contribution in [3.63, 3.8) is 0 Å². The number of nitrogens with one attached hydrogen (secondary N) is 1. The molecule has 6 nitrogen and oxygen atoms in total. The van der Waals surface area contributed by atoms with Gasteiger partial charge in [-0.05, 0) is 36.6 Å². The minimum atomic E-state index is -1.26. The normalized spacial score (nSPS) is 20.0. The third-order valence-corrected chi connectivity index (χ3v) is 4.47. The van der Waals surface area contributed by atoms with E-state index in [1.165, 1.54) is 5.56 Å². The van der Waals surface area contributed by atoms with Crippen LogP contribution in [0.2, 0.25) is 10.0 Å². The average Bonchev–Trinajstić information content (AvgIpc) is 2.57. The van der Waals surface area contributed by atoms with E-state index in [2.05, 4.69) is 11.4 Å². The lowest BCUT2D eigenvalue weighted by Crippen LogP contribution is -2.37. The van der Waals surface area contributed by atoms with Crippen LogP contribution in [-0.4, -0.2) is 49.0 Å². The topological polar surface area (TPSA) is 95.9 Å². The van der Waals surface area contributed by atoms with Gasteiger partial charge < -0.3 is 20.3 Å². The molecule has 0 aromatic heterocycles. The zero-order valence-electron chi connectivity index (χ0n) is 13.7. The zero-order chi connectivity index (χ0) is 18.8. The van der Waals surface area contributed by atoms with E-state index in [0.29, 0.717) is 34.0 Å². The molecule has 0 amide bonds. The first-order valence-electron chi connectivity index (χ1n) is 7.63. The lowest BCUT2D eigenvalue weighted by Gasteiger charge is -2.32. The number of rotatable bonds is 5. The van der Waals surface area contributed by atoms with E-state index in [9.17, 15) is 9.59 Å². The van der Waals surface area contributed by atoms with E-state index >= 15 is 0 Å². The highest BCUT2D eigenvalue weighted by molar-refractivity contribution is 6.42. The largest absolute Gasteiger partial charge is 0.478 e. The number of piperidine rings is 1. The van der Waals surface area contributed by atoms with E-state index in [0.717, 1.165) is 26.1 Å². The van der Waals surface area contributed by atoms with Gasteiger partial charge in [0, 0.05) is 31.7 Å². The molecule has 1 aliphatic heterocycles. The molecule has 1 heterocycles. The summed E-state index contributed by atoms with van der Waals surface area (Å²) in [5.74, 6) is -1.50. The molecule has 25 heavy (non-hydrogen) atoms. The van der Waals surface area contributed by atoms with Crippen molar-refractivity contribution in [1.29, 1.82) is 0 Å². The van der Waals surface area contributed by atoms with Gasteiger partial charge in [0.05, 0.1) is 16.7 Å². The van der Waals surface area contributed by atoms with Gasteiger partial charge in [-0.2, -0.15) is 0 Å². The molecule has 0 unspecified atom stereocenters. The minimum Gasteiger partial charge on any atom is -0.478 e. The Morgan fingerprint density at radius 3 is 2.40 bits per heavy atom. The highest BCUT2D eigenvalue weighted by atomic mass is 35.5. The predicted octanol–water partition coefficient (Wildman–Crippen LogP) is 3.04. The van der Waals surface area contributed by atoms with Crippen LogP contribution in [0.1, 0.15) is 17.9 Å². The lowest BCUT2D eigenvalue weighted by molar-refractivity contribution is -0.134. The van der Waals surface area contributed by atoms with E-state index < -0.39 is 11.9 Å². The lowest BCUT2D eigenvalue weighted by atomic mass is 9.81. The highest BCUT2D eigenvalue weighted by Crippen LogP contribution is 2.34. The number of hydrogen-bond acceptors (Lipinski definition) is 4. The van der Waals surface area contributed by atoms with Gasteiger partial charge in [0.15, 0.2) is 0 Å². The second-order valence-electron chi connectivity index (χ2n) is 5.50. The Morgan fingerprint density at radius 1 is 1.24 bits per heavy atom. The fourth-order valence-corrected chi connectivity index (χ4v) is 2.94. The van der Waals surface area contributed by atoms with Crippen molar-refractivity contribution in [1.82, 2.24) is 5.32 Å². The smallest absolute Gasteiger partial charge is 0.328 e. The summed E-state index contributed by atoms with van der Waals surface area (Å²) in [7, 11) is 1.75. The van der Waals surface area contributed by atoms with E-state index in [4.69, 9.17) is 38.2 Å². The average molecular weight is 390 g/mol. The van der Waals surface area contributed by atoms with Crippen LogP contribution >= 0.6 is 23.2 Å². The van der Waals surface area contributed by atoms with Crippen molar-refractivity contribution in [2.24, 2.45) is 5.92 Å². The van der Waals surface area contributed by atoms with Crippen molar-refractivity contribution in [2.75, 3.05) is 26.8 Å². The summed E-state index contributed by atoms with van der Waals surface area (Å²) in [6.07, 6.45) is 2.23. The van der Waals surface area contributed by atoms with Crippen LogP contribution in [0.4, 0.5) is 0 Å². The van der Waals surface area contributed by atoms with Crippen LogP contribution in [0.15, 0.2) is 30.4 Å². The Bertz CT molecular complexity index is 603.